The number of esters is 1. The quantitative estimate of drug-likeness (QED) is 0.722. The SMILES string of the molecule is CCOC(=O)[C@@H]1CC(=O)N(c2ccc(N3CCN(C(=O)C(C)C)CC3)cc2)C1. The van der Waals surface area contributed by atoms with Gasteiger partial charge in [0.15, 0.2) is 0 Å². The third kappa shape index (κ3) is 4.29. The first-order valence-corrected chi connectivity index (χ1v) is 10.0. The molecule has 7 heteroatoms. The van der Waals surface area contributed by atoms with Gasteiger partial charge >= 0.3 is 5.97 Å². The summed E-state index contributed by atoms with van der Waals surface area (Å²) in [5.74, 6) is -0.505. The van der Waals surface area contributed by atoms with Gasteiger partial charge in [-0.15, -0.1) is 0 Å². The summed E-state index contributed by atoms with van der Waals surface area (Å²) in [6, 6.07) is 7.85. The van der Waals surface area contributed by atoms with Crippen molar-refractivity contribution in [1.82, 2.24) is 4.90 Å². The van der Waals surface area contributed by atoms with Crippen LogP contribution in [0.1, 0.15) is 27.2 Å². The van der Waals surface area contributed by atoms with Gasteiger partial charge in [0, 0.05) is 56.4 Å². The van der Waals surface area contributed by atoms with Gasteiger partial charge in [0.05, 0.1) is 12.5 Å². The predicted octanol–water partition coefficient (Wildman–Crippen LogP) is 1.91. The van der Waals surface area contributed by atoms with Crippen molar-refractivity contribution in [2.45, 2.75) is 27.2 Å². The monoisotopic (exact) mass is 387 g/mol. The lowest BCUT2D eigenvalue weighted by molar-refractivity contribution is -0.147. The number of carbonyl (C=O) groups excluding carboxylic acids is 3. The van der Waals surface area contributed by atoms with Crippen molar-refractivity contribution in [3.05, 3.63) is 24.3 Å². The van der Waals surface area contributed by atoms with Crippen LogP contribution in [0.4, 0.5) is 11.4 Å². The number of amides is 2. The van der Waals surface area contributed by atoms with E-state index in [4.69, 9.17) is 4.74 Å². The van der Waals surface area contributed by atoms with E-state index in [1.54, 1.807) is 11.8 Å². The molecule has 2 heterocycles. The highest BCUT2D eigenvalue weighted by Gasteiger charge is 2.36. The van der Waals surface area contributed by atoms with E-state index in [-0.39, 0.29) is 30.1 Å². The van der Waals surface area contributed by atoms with Crippen molar-refractivity contribution in [3.63, 3.8) is 0 Å². The zero-order valence-corrected chi connectivity index (χ0v) is 16.9. The summed E-state index contributed by atoms with van der Waals surface area (Å²) in [7, 11) is 0. The zero-order valence-electron chi connectivity index (χ0n) is 16.9. The van der Waals surface area contributed by atoms with Crippen LogP contribution in [-0.4, -0.2) is 62.0 Å². The van der Waals surface area contributed by atoms with Crippen LogP contribution in [0.2, 0.25) is 0 Å². The molecule has 3 rings (SSSR count). The Morgan fingerprint density at radius 3 is 2.25 bits per heavy atom. The highest BCUT2D eigenvalue weighted by molar-refractivity contribution is 5.99. The highest BCUT2D eigenvalue weighted by Crippen LogP contribution is 2.28. The molecule has 0 N–H and O–H groups in total. The highest BCUT2D eigenvalue weighted by atomic mass is 16.5. The van der Waals surface area contributed by atoms with Gasteiger partial charge in [-0.1, -0.05) is 13.8 Å². The van der Waals surface area contributed by atoms with E-state index in [0.29, 0.717) is 13.2 Å². The molecule has 0 unspecified atom stereocenters. The van der Waals surface area contributed by atoms with E-state index in [9.17, 15) is 14.4 Å². The Labute approximate surface area is 166 Å². The maximum atomic E-state index is 12.3. The number of piperazine rings is 1. The molecule has 2 aliphatic rings. The number of ether oxygens (including phenoxy) is 1. The molecule has 0 radical (unpaired) electrons. The normalized spacial score (nSPS) is 20.1. The van der Waals surface area contributed by atoms with Gasteiger partial charge in [0.2, 0.25) is 11.8 Å². The first kappa shape index (κ1) is 20.2. The average molecular weight is 387 g/mol. The van der Waals surface area contributed by atoms with Crippen LogP contribution in [0, 0.1) is 11.8 Å². The molecule has 1 aromatic carbocycles. The van der Waals surface area contributed by atoms with Crippen LogP contribution >= 0.6 is 0 Å². The molecule has 0 aromatic heterocycles. The Morgan fingerprint density at radius 2 is 1.68 bits per heavy atom. The van der Waals surface area contributed by atoms with Crippen molar-refractivity contribution in [2.24, 2.45) is 11.8 Å². The fourth-order valence-corrected chi connectivity index (χ4v) is 3.77. The van der Waals surface area contributed by atoms with E-state index in [2.05, 4.69) is 4.90 Å². The van der Waals surface area contributed by atoms with E-state index in [1.807, 2.05) is 43.0 Å². The van der Waals surface area contributed by atoms with Gasteiger partial charge in [0.1, 0.15) is 0 Å². The molecular weight excluding hydrogens is 358 g/mol. The second-order valence-corrected chi connectivity index (χ2v) is 7.64. The maximum Gasteiger partial charge on any atom is 0.311 e. The van der Waals surface area contributed by atoms with E-state index in [1.165, 1.54) is 0 Å². The van der Waals surface area contributed by atoms with E-state index < -0.39 is 5.92 Å². The molecule has 2 amide bonds. The number of anilines is 2. The van der Waals surface area contributed by atoms with Gasteiger partial charge < -0.3 is 19.4 Å². The van der Waals surface area contributed by atoms with Crippen molar-refractivity contribution in [2.75, 3.05) is 49.1 Å². The Hall–Kier alpha value is -2.57. The predicted molar refractivity (Wildman–Crippen MR) is 107 cm³/mol. The molecule has 0 saturated carbocycles. The summed E-state index contributed by atoms with van der Waals surface area (Å²) in [5, 5.41) is 0. The maximum absolute atomic E-state index is 12.3. The summed E-state index contributed by atoms with van der Waals surface area (Å²) in [6.07, 6.45) is 0.201. The molecule has 2 aliphatic heterocycles. The molecule has 2 saturated heterocycles. The summed E-state index contributed by atoms with van der Waals surface area (Å²) in [6.45, 7) is 9.37. The van der Waals surface area contributed by atoms with Crippen molar-refractivity contribution in [3.8, 4) is 0 Å². The van der Waals surface area contributed by atoms with Crippen LogP contribution in [0.5, 0.6) is 0 Å². The third-order valence-corrected chi connectivity index (χ3v) is 5.36. The summed E-state index contributed by atoms with van der Waals surface area (Å²) >= 11 is 0. The third-order valence-electron chi connectivity index (χ3n) is 5.36. The fraction of sp³-hybridized carbons (Fsp3) is 0.571. The molecule has 0 aliphatic carbocycles. The Kier molecular flexibility index (Phi) is 6.21. The van der Waals surface area contributed by atoms with E-state index >= 15 is 0 Å². The summed E-state index contributed by atoms with van der Waals surface area (Å²) in [4.78, 5) is 42.2. The van der Waals surface area contributed by atoms with E-state index in [0.717, 1.165) is 37.6 Å². The fourth-order valence-electron chi connectivity index (χ4n) is 3.77. The molecule has 152 valence electrons. The molecule has 2 fully saturated rings. The van der Waals surface area contributed by atoms with Gasteiger partial charge in [-0.3, -0.25) is 14.4 Å². The number of hydrogen-bond donors (Lipinski definition) is 0. The lowest BCUT2D eigenvalue weighted by Crippen LogP contribution is -2.49. The number of nitrogens with zero attached hydrogens (tertiary/aromatic N) is 3. The number of benzene rings is 1. The molecule has 0 bridgehead atoms. The first-order valence-electron chi connectivity index (χ1n) is 10.0. The molecule has 1 atom stereocenters. The van der Waals surface area contributed by atoms with Gasteiger partial charge in [-0.2, -0.15) is 0 Å². The minimum absolute atomic E-state index is 0.0299. The van der Waals surface area contributed by atoms with Crippen molar-refractivity contribution < 1.29 is 19.1 Å². The first-order chi connectivity index (χ1) is 13.4. The number of rotatable bonds is 5. The Balaban J connectivity index is 1.59. The second kappa shape index (κ2) is 8.63. The molecule has 28 heavy (non-hydrogen) atoms. The van der Waals surface area contributed by atoms with Crippen LogP contribution in [0.25, 0.3) is 0 Å². The lowest BCUT2D eigenvalue weighted by atomic mass is 10.1. The lowest BCUT2D eigenvalue weighted by Gasteiger charge is -2.37. The minimum Gasteiger partial charge on any atom is -0.466 e. The second-order valence-electron chi connectivity index (χ2n) is 7.64. The standard InChI is InChI=1S/C21H29N3O4/c1-4-28-21(27)16-13-19(25)24(14-16)18-7-5-17(6-8-18)22-9-11-23(12-10-22)20(26)15(2)3/h5-8,15-16H,4,9-14H2,1-3H3/t16-/m1/s1. The van der Waals surface area contributed by atoms with Crippen LogP contribution < -0.4 is 9.80 Å². The largest absolute Gasteiger partial charge is 0.466 e. The van der Waals surface area contributed by atoms with Crippen molar-refractivity contribution in [1.29, 1.82) is 0 Å². The molecule has 0 spiro atoms. The smallest absolute Gasteiger partial charge is 0.311 e. The van der Waals surface area contributed by atoms with Gasteiger partial charge in [-0.05, 0) is 31.2 Å². The van der Waals surface area contributed by atoms with Crippen LogP contribution in [0.15, 0.2) is 24.3 Å². The molecule has 7 nitrogen and oxygen atoms in total. The number of hydrogen-bond acceptors (Lipinski definition) is 5. The van der Waals surface area contributed by atoms with Crippen LogP contribution in [0.3, 0.4) is 0 Å². The average Bonchev–Trinajstić information content (AvgIpc) is 3.09. The minimum atomic E-state index is -0.390. The van der Waals surface area contributed by atoms with Gasteiger partial charge in [-0.25, -0.2) is 0 Å². The van der Waals surface area contributed by atoms with Crippen molar-refractivity contribution >= 4 is 29.2 Å². The Bertz CT molecular complexity index is 724. The molecule has 1 aromatic rings. The topological polar surface area (TPSA) is 70.2 Å². The summed E-state index contributed by atoms with van der Waals surface area (Å²) in [5.41, 5.74) is 1.88. The van der Waals surface area contributed by atoms with Gasteiger partial charge in [0.25, 0.3) is 0 Å². The zero-order chi connectivity index (χ0) is 20.3. The summed E-state index contributed by atoms with van der Waals surface area (Å²) < 4.78 is 5.04. The number of carbonyl (C=O) groups is 3. The van der Waals surface area contributed by atoms with Crippen LogP contribution in [-0.2, 0) is 19.1 Å². The Morgan fingerprint density at radius 1 is 1.07 bits per heavy atom. The molecular formula is C21H29N3O4.